The van der Waals surface area contributed by atoms with Crippen LogP contribution in [-0.4, -0.2) is 16.8 Å². The highest BCUT2D eigenvalue weighted by Gasteiger charge is 2.04. The first kappa shape index (κ1) is 14.5. The monoisotopic (exact) mass is 276 g/mol. The molecule has 1 aromatic heterocycles. The van der Waals surface area contributed by atoms with Crippen molar-refractivity contribution in [1.82, 2.24) is 10.2 Å². The summed E-state index contributed by atoms with van der Waals surface area (Å²) < 4.78 is 5.51. The van der Waals surface area contributed by atoms with E-state index in [2.05, 4.69) is 17.1 Å². The second-order valence-electron chi connectivity index (χ2n) is 3.94. The maximum absolute atomic E-state index is 5.82. The van der Waals surface area contributed by atoms with Crippen LogP contribution in [0.2, 0.25) is 10.3 Å². The molecule has 0 unspecified atom stereocenters. The number of aromatic nitrogens is 2. The van der Waals surface area contributed by atoms with Gasteiger partial charge < -0.3 is 4.74 Å². The molecule has 5 heteroatoms. The molecule has 1 aromatic rings. The minimum atomic E-state index is 0.264. The van der Waals surface area contributed by atoms with Crippen LogP contribution in [0.3, 0.4) is 0 Å². The largest absolute Gasteiger partial charge is 0.490 e. The third-order valence-corrected chi connectivity index (χ3v) is 2.89. The Kier molecular flexibility index (Phi) is 7.29. The highest BCUT2D eigenvalue weighted by molar-refractivity contribution is 6.32. The van der Waals surface area contributed by atoms with Crippen LogP contribution in [0.4, 0.5) is 0 Å². The number of hydrogen-bond acceptors (Lipinski definition) is 3. The lowest BCUT2D eigenvalue weighted by Crippen LogP contribution is -1.99. The lowest BCUT2D eigenvalue weighted by Gasteiger charge is -2.06. The quantitative estimate of drug-likeness (QED) is 0.655. The molecule has 0 aliphatic carbocycles. The molecule has 0 saturated heterocycles. The first-order valence-electron chi connectivity index (χ1n) is 6.05. The molecule has 3 nitrogen and oxygen atoms in total. The number of hydrogen-bond donors (Lipinski definition) is 0. The van der Waals surface area contributed by atoms with Crippen molar-refractivity contribution in [2.45, 2.75) is 45.4 Å². The van der Waals surface area contributed by atoms with Gasteiger partial charge in [0.2, 0.25) is 0 Å². The van der Waals surface area contributed by atoms with Crippen LogP contribution < -0.4 is 4.74 Å². The summed E-state index contributed by atoms with van der Waals surface area (Å²) in [6.45, 7) is 2.86. The van der Waals surface area contributed by atoms with Gasteiger partial charge in [0.1, 0.15) is 0 Å². The Morgan fingerprint density at radius 3 is 2.53 bits per heavy atom. The fourth-order valence-corrected chi connectivity index (χ4v) is 1.79. The Morgan fingerprint density at radius 1 is 1.06 bits per heavy atom. The van der Waals surface area contributed by atoms with Gasteiger partial charge in [0.15, 0.2) is 16.1 Å². The van der Waals surface area contributed by atoms with Gasteiger partial charge in [-0.2, -0.15) is 0 Å². The zero-order chi connectivity index (χ0) is 12.5. The van der Waals surface area contributed by atoms with Crippen LogP contribution in [0.5, 0.6) is 5.75 Å². The predicted octanol–water partition coefficient (Wildman–Crippen LogP) is 4.52. The van der Waals surface area contributed by atoms with Gasteiger partial charge >= 0.3 is 0 Å². The van der Waals surface area contributed by atoms with Gasteiger partial charge in [-0.25, -0.2) is 0 Å². The summed E-state index contributed by atoms with van der Waals surface area (Å²) in [5.74, 6) is 0.514. The van der Waals surface area contributed by atoms with Gasteiger partial charge in [0.25, 0.3) is 0 Å². The summed E-state index contributed by atoms with van der Waals surface area (Å²) >= 11 is 11.5. The van der Waals surface area contributed by atoms with E-state index < -0.39 is 0 Å². The minimum Gasteiger partial charge on any atom is -0.490 e. The number of rotatable bonds is 8. The van der Waals surface area contributed by atoms with Crippen molar-refractivity contribution in [2.75, 3.05) is 6.61 Å². The molecule has 1 rings (SSSR count). The summed E-state index contributed by atoms with van der Waals surface area (Å²) in [5.41, 5.74) is 0. The van der Waals surface area contributed by atoms with Crippen molar-refractivity contribution >= 4 is 23.2 Å². The van der Waals surface area contributed by atoms with Crippen molar-refractivity contribution < 1.29 is 4.74 Å². The molecule has 0 atom stereocenters. The van der Waals surface area contributed by atoms with E-state index in [9.17, 15) is 0 Å². The summed E-state index contributed by atoms with van der Waals surface area (Å²) in [4.78, 5) is 0. The predicted molar refractivity (Wildman–Crippen MR) is 70.9 cm³/mol. The van der Waals surface area contributed by atoms with E-state index in [0.29, 0.717) is 17.5 Å². The molecule has 0 spiro atoms. The third kappa shape index (κ3) is 6.08. The highest BCUT2D eigenvalue weighted by atomic mass is 35.5. The zero-order valence-electron chi connectivity index (χ0n) is 10.1. The molecule has 0 N–H and O–H groups in total. The molecule has 1 heterocycles. The van der Waals surface area contributed by atoms with Crippen molar-refractivity contribution in [2.24, 2.45) is 0 Å². The van der Waals surface area contributed by atoms with E-state index in [-0.39, 0.29) is 5.15 Å². The minimum absolute atomic E-state index is 0.264. The van der Waals surface area contributed by atoms with Crippen LogP contribution in [0, 0.1) is 0 Å². The molecular weight excluding hydrogens is 259 g/mol. The van der Waals surface area contributed by atoms with Crippen molar-refractivity contribution in [3.8, 4) is 5.75 Å². The summed E-state index contributed by atoms with van der Waals surface area (Å²) in [6, 6.07) is 1.59. The number of nitrogens with zero attached hydrogens (tertiary/aromatic N) is 2. The standard InChI is InChI=1S/C12H18Cl2N2O/c1-2-3-4-5-6-7-8-17-10-9-11(13)15-16-12(10)14/h9H,2-8H2,1H3. The summed E-state index contributed by atoms with van der Waals surface area (Å²) in [6.07, 6.45) is 7.37. The topological polar surface area (TPSA) is 35.0 Å². The summed E-state index contributed by atoms with van der Waals surface area (Å²) in [5, 5.41) is 7.86. The Labute approximate surface area is 112 Å². The second-order valence-corrected chi connectivity index (χ2v) is 4.68. The third-order valence-electron chi connectivity index (χ3n) is 2.44. The van der Waals surface area contributed by atoms with Crippen LogP contribution in [-0.2, 0) is 0 Å². The number of unbranched alkanes of at least 4 members (excludes halogenated alkanes) is 5. The molecule has 0 bridgehead atoms. The molecule has 0 fully saturated rings. The highest BCUT2D eigenvalue weighted by Crippen LogP contribution is 2.23. The maximum Gasteiger partial charge on any atom is 0.193 e. The lowest BCUT2D eigenvalue weighted by molar-refractivity contribution is 0.303. The fourth-order valence-electron chi connectivity index (χ4n) is 1.50. The Bertz CT molecular complexity index is 334. The molecule has 0 saturated carbocycles. The molecular formula is C12H18Cl2N2O. The Morgan fingerprint density at radius 2 is 1.76 bits per heavy atom. The normalized spacial score (nSPS) is 10.5. The zero-order valence-corrected chi connectivity index (χ0v) is 11.6. The molecule has 0 aliphatic rings. The van der Waals surface area contributed by atoms with E-state index >= 15 is 0 Å². The van der Waals surface area contributed by atoms with Crippen molar-refractivity contribution in [3.05, 3.63) is 16.4 Å². The van der Waals surface area contributed by atoms with Crippen LogP contribution in [0.25, 0.3) is 0 Å². The molecule has 0 aromatic carbocycles. The van der Waals surface area contributed by atoms with Gasteiger partial charge in [-0.3, -0.25) is 0 Å². The SMILES string of the molecule is CCCCCCCCOc1cc(Cl)nnc1Cl. The first-order valence-corrected chi connectivity index (χ1v) is 6.81. The van der Waals surface area contributed by atoms with E-state index in [1.165, 1.54) is 32.1 Å². The van der Waals surface area contributed by atoms with Gasteiger partial charge in [-0.05, 0) is 6.42 Å². The molecule has 96 valence electrons. The fraction of sp³-hybridized carbons (Fsp3) is 0.667. The van der Waals surface area contributed by atoms with Crippen molar-refractivity contribution in [3.63, 3.8) is 0 Å². The molecule has 0 amide bonds. The van der Waals surface area contributed by atoms with Crippen LogP contribution >= 0.6 is 23.2 Å². The van der Waals surface area contributed by atoms with Crippen molar-refractivity contribution in [1.29, 1.82) is 0 Å². The smallest absolute Gasteiger partial charge is 0.193 e. The Hall–Kier alpha value is -0.540. The summed E-state index contributed by atoms with van der Waals surface area (Å²) in [7, 11) is 0. The second kappa shape index (κ2) is 8.54. The average Bonchev–Trinajstić information content (AvgIpc) is 2.32. The van der Waals surface area contributed by atoms with Crippen LogP contribution in [0.1, 0.15) is 45.4 Å². The van der Waals surface area contributed by atoms with E-state index in [1.807, 2.05) is 0 Å². The van der Waals surface area contributed by atoms with Gasteiger partial charge in [0, 0.05) is 6.07 Å². The van der Waals surface area contributed by atoms with Gasteiger partial charge in [-0.15, -0.1) is 10.2 Å². The number of halogens is 2. The lowest BCUT2D eigenvalue weighted by atomic mass is 10.1. The first-order chi connectivity index (χ1) is 8.24. The van der Waals surface area contributed by atoms with Gasteiger partial charge in [0.05, 0.1) is 6.61 Å². The molecule has 0 radical (unpaired) electrons. The molecule has 0 aliphatic heterocycles. The average molecular weight is 277 g/mol. The number of ether oxygens (including phenoxy) is 1. The Balaban J connectivity index is 2.15. The maximum atomic E-state index is 5.82. The van der Waals surface area contributed by atoms with E-state index in [1.54, 1.807) is 6.07 Å². The van der Waals surface area contributed by atoms with E-state index in [4.69, 9.17) is 27.9 Å². The van der Waals surface area contributed by atoms with Gasteiger partial charge in [-0.1, -0.05) is 62.2 Å². The van der Waals surface area contributed by atoms with Crippen LogP contribution in [0.15, 0.2) is 6.07 Å². The molecule has 17 heavy (non-hydrogen) atoms. The van der Waals surface area contributed by atoms with E-state index in [0.717, 1.165) is 6.42 Å².